The molecule has 3 unspecified atom stereocenters. The molecule has 166 valence electrons. The average molecular weight is 437 g/mol. The number of rotatable bonds is 4. The van der Waals surface area contributed by atoms with E-state index in [4.69, 9.17) is 21.2 Å². The topological polar surface area (TPSA) is 80.6 Å². The summed E-state index contributed by atoms with van der Waals surface area (Å²) in [6.07, 6.45) is -0.178. The van der Waals surface area contributed by atoms with E-state index in [1.165, 1.54) is 24.3 Å². The van der Waals surface area contributed by atoms with Gasteiger partial charge in [-0.3, -0.25) is 5.73 Å². The molecule has 3 heterocycles. The van der Waals surface area contributed by atoms with Gasteiger partial charge >= 0.3 is 0 Å². The van der Waals surface area contributed by atoms with Crippen molar-refractivity contribution in [2.75, 3.05) is 18.1 Å². The van der Waals surface area contributed by atoms with Crippen LogP contribution in [0.3, 0.4) is 0 Å². The van der Waals surface area contributed by atoms with E-state index in [1.807, 2.05) is 21.9 Å². The number of nitrogens with two attached hydrogens (primary N) is 2. The van der Waals surface area contributed by atoms with Crippen LogP contribution < -0.4 is 16.4 Å². The fourth-order valence-electron chi connectivity index (χ4n) is 4.48. The van der Waals surface area contributed by atoms with Gasteiger partial charge in [0, 0.05) is 24.8 Å². The predicted molar refractivity (Wildman–Crippen MR) is 118 cm³/mol. The SMILES string of the molecule is NC1c2nc(-c3ccc(F)cc3)ccc2N(Cc2ccc(F)cc2)C(N)N1C1CCOC1. The number of anilines is 1. The van der Waals surface area contributed by atoms with Crippen LogP contribution in [0.5, 0.6) is 0 Å². The maximum Gasteiger partial charge on any atom is 0.137 e. The van der Waals surface area contributed by atoms with Crippen molar-refractivity contribution in [1.29, 1.82) is 0 Å². The number of nitrogens with zero attached hydrogens (tertiary/aromatic N) is 3. The van der Waals surface area contributed by atoms with Gasteiger partial charge < -0.3 is 15.4 Å². The number of pyridine rings is 1. The Morgan fingerprint density at radius 2 is 1.62 bits per heavy atom. The number of halogens is 2. The van der Waals surface area contributed by atoms with E-state index in [1.54, 1.807) is 24.3 Å². The molecule has 3 aromatic rings. The van der Waals surface area contributed by atoms with Gasteiger partial charge in [-0.25, -0.2) is 18.7 Å². The summed E-state index contributed by atoms with van der Waals surface area (Å²) in [7, 11) is 0. The van der Waals surface area contributed by atoms with Crippen molar-refractivity contribution in [3.63, 3.8) is 0 Å². The Kier molecular flexibility index (Phi) is 5.60. The van der Waals surface area contributed by atoms with E-state index >= 15 is 0 Å². The molecule has 0 radical (unpaired) electrons. The van der Waals surface area contributed by atoms with Crippen LogP contribution in [0.4, 0.5) is 14.5 Å². The standard InChI is InChI=1S/C24H25F2N5O/c25-17-5-1-15(2-6-17)13-30-21-10-9-20(16-3-7-18(26)8-4-16)29-22(21)23(27)31(24(30)28)19-11-12-32-14-19/h1-10,19,23-24H,11-14,27-28H2. The van der Waals surface area contributed by atoms with Crippen LogP contribution in [0.25, 0.3) is 11.3 Å². The van der Waals surface area contributed by atoms with Gasteiger partial charge in [-0.15, -0.1) is 0 Å². The van der Waals surface area contributed by atoms with E-state index in [9.17, 15) is 8.78 Å². The van der Waals surface area contributed by atoms with Crippen molar-refractivity contribution in [2.24, 2.45) is 11.5 Å². The van der Waals surface area contributed by atoms with Crippen LogP contribution in [-0.4, -0.2) is 35.4 Å². The smallest absolute Gasteiger partial charge is 0.137 e. The van der Waals surface area contributed by atoms with Crippen LogP contribution in [0, 0.1) is 11.6 Å². The van der Waals surface area contributed by atoms with Gasteiger partial charge in [0.25, 0.3) is 0 Å². The molecule has 0 bridgehead atoms. The largest absolute Gasteiger partial charge is 0.380 e. The normalized spacial score (nSPS) is 23.4. The lowest BCUT2D eigenvalue weighted by atomic mass is 10.0. The highest BCUT2D eigenvalue weighted by Gasteiger charge is 2.41. The van der Waals surface area contributed by atoms with E-state index in [0.29, 0.717) is 31.1 Å². The average Bonchev–Trinajstić information content (AvgIpc) is 3.33. The summed E-state index contributed by atoms with van der Waals surface area (Å²) in [6.45, 7) is 1.69. The Morgan fingerprint density at radius 1 is 0.938 bits per heavy atom. The molecule has 2 aliphatic heterocycles. The van der Waals surface area contributed by atoms with Gasteiger partial charge in [-0.05, 0) is 60.5 Å². The molecule has 1 aromatic heterocycles. The number of ether oxygens (including phenoxy) is 1. The molecular weight excluding hydrogens is 412 g/mol. The molecule has 2 aliphatic rings. The molecule has 0 aliphatic carbocycles. The Morgan fingerprint density at radius 3 is 2.28 bits per heavy atom. The number of hydrogen-bond acceptors (Lipinski definition) is 6. The molecule has 0 spiro atoms. The third-order valence-electron chi connectivity index (χ3n) is 6.17. The number of aromatic nitrogens is 1. The molecule has 8 heteroatoms. The molecule has 32 heavy (non-hydrogen) atoms. The monoisotopic (exact) mass is 437 g/mol. The fraction of sp³-hybridized carbons (Fsp3) is 0.292. The van der Waals surface area contributed by atoms with Crippen LogP contribution >= 0.6 is 0 Å². The second-order valence-electron chi connectivity index (χ2n) is 8.19. The summed E-state index contributed by atoms with van der Waals surface area (Å²) in [5, 5.41) is 0. The van der Waals surface area contributed by atoms with Crippen LogP contribution in [0.15, 0.2) is 60.7 Å². The minimum absolute atomic E-state index is 0.0696. The van der Waals surface area contributed by atoms with Crippen molar-refractivity contribution in [3.05, 3.63) is 83.6 Å². The van der Waals surface area contributed by atoms with Crippen molar-refractivity contribution < 1.29 is 13.5 Å². The lowest BCUT2D eigenvalue weighted by molar-refractivity contribution is 0.0556. The summed E-state index contributed by atoms with van der Waals surface area (Å²) in [5.41, 5.74) is 17.4. The maximum atomic E-state index is 13.4. The molecule has 6 nitrogen and oxygen atoms in total. The molecule has 3 atom stereocenters. The summed E-state index contributed by atoms with van der Waals surface area (Å²) >= 11 is 0. The lowest BCUT2D eigenvalue weighted by Crippen LogP contribution is -2.63. The zero-order valence-corrected chi connectivity index (χ0v) is 17.5. The highest BCUT2D eigenvalue weighted by molar-refractivity contribution is 5.65. The predicted octanol–water partition coefficient (Wildman–Crippen LogP) is 3.34. The first-order valence-corrected chi connectivity index (χ1v) is 10.7. The Balaban J connectivity index is 1.56. The van der Waals surface area contributed by atoms with Crippen molar-refractivity contribution in [3.8, 4) is 11.3 Å². The molecule has 1 fully saturated rings. The summed E-state index contributed by atoms with van der Waals surface area (Å²) in [5.74, 6) is -0.582. The third-order valence-corrected chi connectivity index (χ3v) is 6.17. The number of benzene rings is 2. The summed E-state index contributed by atoms with van der Waals surface area (Å²) in [6, 6.07) is 16.5. The van der Waals surface area contributed by atoms with E-state index in [-0.39, 0.29) is 17.7 Å². The number of fused-ring (bicyclic) bond motifs is 1. The summed E-state index contributed by atoms with van der Waals surface area (Å²) in [4.78, 5) is 8.94. The van der Waals surface area contributed by atoms with Gasteiger partial charge in [0.15, 0.2) is 0 Å². The van der Waals surface area contributed by atoms with Crippen LogP contribution in [0.2, 0.25) is 0 Å². The Bertz CT molecular complexity index is 1090. The van der Waals surface area contributed by atoms with Gasteiger partial charge in [0.1, 0.15) is 24.1 Å². The first-order chi connectivity index (χ1) is 15.5. The van der Waals surface area contributed by atoms with E-state index < -0.39 is 12.5 Å². The molecule has 0 saturated carbocycles. The van der Waals surface area contributed by atoms with Gasteiger partial charge in [0.05, 0.1) is 23.7 Å². The Hall–Kier alpha value is -2.91. The maximum absolute atomic E-state index is 13.4. The van der Waals surface area contributed by atoms with Crippen LogP contribution in [-0.2, 0) is 11.3 Å². The molecule has 4 N–H and O–H groups in total. The van der Waals surface area contributed by atoms with Crippen molar-refractivity contribution in [1.82, 2.24) is 9.88 Å². The second kappa shape index (κ2) is 8.55. The molecule has 0 amide bonds. The van der Waals surface area contributed by atoms with E-state index in [2.05, 4.69) is 0 Å². The van der Waals surface area contributed by atoms with Gasteiger partial charge in [-0.1, -0.05) is 12.1 Å². The highest BCUT2D eigenvalue weighted by atomic mass is 19.1. The Labute approximate surface area is 185 Å². The van der Waals surface area contributed by atoms with Crippen molar-refractivity contribution in [2.45, 2.75) is 31.5 Å². The second-order valence-corrected chi connectivity index (χ2v) is 8.19. The molecule has 2 aromatic carbocycles. The quantitative estimate of drug-likeness (QED) is 0.652. The molecule has 1 saturated heterocycles. The first kappa shape index (κ1) is 21.0. The lowest BCUT2D eigenvalue weighted by Gasteiger charge is -2.48. The van der Waals surface area contributed by atoms with E-state index in [0.717, 1.165) is 23.2 Å². The minimum atomic E-state index is -0.517. The van der Waals surface area contributed by atoms with Gasteiger partial charge in [0.2, 0.25) is 0 Å². The zero-order valence-electron chi connectivity index (χ0n) is 17.5. The molecule has 5 rings (SSSR count). The summed E-state index contributed by atoms with van der Waals surface area (Å²) < 4.78 is 32.4. The van der Waals surface area contributed by atoms with Crippen LogP contribution in [0.1, 0.15) is 23.8 Å². The zero-order chi connectivity index (χ0) is 22.2. The third kappa shape index (κ3) is 3.86. The minimum Gasteiger partial charge on any atom is -0.380 e. The number of hydrogen-bond donors (Lipinski definition) is 2. The highest BCUT2D eigenvalue weighted by Crippen LogP contribution is 2.38. The molecular formula is C24H25F2N5O. The fourth-order valence-corrected chi connectivity index (χ4v) is 4.48. The van der Waals surface area contributed by atoms with Gasteiger partial charge in [-0.2, -0.15) is 0 Å². The van der Waals surface area contributed by atoms with Crippen molar-refractivity contribution >= 4 is 5.69 Å². The first-order valence-electron chi connectivity index (χ1n) is 10.7.